The van der Waals surface area contributed by atoms with Gasteiger partial charge < -0.3 is 15.2 Å². The Balaban J connectivity index is 1.60. The van der Waals surface area contributed by atoms with Gasteiger partial charge in [-0.15, -0.1) is 11.8 Å². The van der Waals surface area contributed by atoms with Crippen LogP contribution in [-0.2, 0) is 19.1 Å². The molecule has 2 aliphatic heterocycles. The van der Waals surface area contributed by atoms with Gasteiger partial charge in [-0.2, -0.15) is 4.99 Å². The van der Waals surface area contributed by atoms with Crippen LogP contribution >= 0.6 is 11.8 Å². The fraction of sp³-hybridized carbons (Fsp3) is 0.737. The Labute approximate surface area is 163 Å². The minimum atomic E-state index is -0.860. The summed E-state index contributed by atoms with van der Waals surface area (Å²) in [6.45, 7) is 6.48. The molecule has 2 N–H and O–H groups in total. The molecule has 0 radical (unpaired) electrons. The van der Waals surface area contributed by atoms with Gasteiger partial charge >= 0.3 is 5.97 Å². The Kier molecular flexibility index (Phi) is 6.25. The second-order valence-corrected chi connectivity index (χ2v) is 9.11. The highest BCUT2D eigenvalue weighted by Gasteiger charge is 2.42. The number of dihydropyridines is 1. The Morgan fingerprint density at radius 2 is 2.19 bits per heavy atom. The number of amides is 1. The third-order valence-electron chi connectivity index (χ3n) is 5.62. The van der Waals surface area contributed by atoms with Crippen molar-refractivity contribution in [2.75, 3.05) is 5.75 Å². The fourth-order valence-electron chi connectivity index (χ4n) is 4.01. The Bertz CT molecular complexity index is 666. The highest BCUT2D eigenvalue weighted by atomic mass is 32.2. The molecule has 2 fully saturated rings. The van der Waals surface area contributed by atoms with Crippen molar-refractivity contribution in [3.05, 3.63) is 11.9 Å². The summed E-state index contributed by atoms with van der Waals surface area (Å²) in [7, 11) is 0. The largest absolute Gasteiger partial charge is 0.459 e. The van der Waals surface area contributed by atoms with Crippen molar-refractivity contribution < 1.29 is 23.5 Å². The van der Waals surface area contributed by atoms with Crippen LogP contribution in [0.15, 0.2) is 16.9 Å². The van der Waals surface area contributed by atoms with Gasteiger partial charge in [0.15, 0.2) is 11.7 Å². The molecule has 0 aromatic rings. The predicted octanol–water partition coefficient (Wildman–Crippen LogP) is 2.82. The molecule has 1 aliphatic carbocycles. The van der Waals surface area contributed by atoms with Crippen LogP contribution in [0.3, 0.4) is 0 Å². The van der Waals surface area contributed by atoms with Crippen LogP contribution in [0.4, 0.5) is 4.39 Å². The molecule has 1 amide bonds. The van der Waals surface area contributed by atoms with Crippen molar-refractivity contribution in [3.8, 4) is 0 Å². The molecular weight excluding hydrogens is 371 g/mol. The van der Waals surface area contributed by atoms with E-state index in [4.69, 9.17) is 15.2 Å². The van der Waals surface area contributed by atoms with Crippen molar-refractivity contribution in [3.63, 3.8) is 0 Å². The fourth-order valence-corrected chi connectivity index (χ4v) is 5.08. The van der Waals surface area contributed by atoms with E-state index >= 15 is 0 Å². The average Bonchev–Trinajstić information content (AvgIpc) is 3.08. The average molecular weight is 399 g/mol. The van der Waals surface area contributed by atoms with E-state index in [1.165, 1.54) is 11.8 Å². The minimum absolute atomic E-state index is 0.109. The number of aliphatic imine (C=N–C) groups is 1. The van der Waals surface area contributed by atoms with E-state index in [1.54, 1.807) is 0 Å². The lowest BCUT2D eigenvalue weighted by molar-refractivity contribution is -0.165. The van der Waals surface area contributed by atoms with Gasteiger partial charge in [-0.3, -0.25) is 4.79 Å². The van der Waals surface area contributed by atoms with Gasteiger partial charge in [0.2, 0.25) is 5.44 Å². The summed E-state index contributed by atoms with van der Waals surface area (Å²) in [6.07, 6.45) is 3.47. The third-order valence-corrected chi connectivity index (χ3v) is 6.75. The third kappa shape index (κ3) is 4.54. The topological polar surface area (TPSA) is 91.0 Å². The van der Waals surface area contributed by atoms with Gasteiger partial charge in [-0.25, -0.2) is 9.18 Å². The number of nitrogens with two attached hydrogens (primary N) is 1. The van der Waals surface area contributed by atoms with E-state index in [0.29, 0.717) is 23.5 Å². The first-order valence-electron chi connectivity index (χ1n) is 9.49. The van der Waals surface area contributed by atoms with Crippen LogP contribution < -0.4 is 5.73 Å². The number of carbonyl (C=O) groups excluding carboxylic acids is 2. The van der Waals surface area contributed by atoms with E-state index in [0.717, 1.165) is 25.3 Å². The molecule has 27 heavy (non-hydrogen) atoms. The summed E-state index contributed by atoms with van der Waals surface area (Å²) >= 11 is 1.27. The molecule has 6 nitrogen and oxygen atoms in total. The smallest absolute Gasteiger partial charge is 0.346 e. The molecule has 3 aliphatic rings. The van der Waals surface area contributed by atoms with Crippen LogP contribution in [0.25, 0.3) is 0 Å². The van der Waals surface area contributed by atoms with Gasteiger partial charge in [0, 0.05) is 5.75 Å². The van der Waals surface area contributed by atoms with Crippen molar-refractivity contribution in [2.45, 2.75) is 57.7 Å². The van der Waals surface area contributed by atoms with Gasteiger partial charge in [-0.1, -0.05) is 27.2 Å². The van der Waals surface area contributed by atoms with E-state index in [-0.39, 0.29) is 6.10 Å². The van der Waals surface area contributed by atoms with Crippen LogP contribution in [0, 0.1) is 23.7 Å². The van der Waals surface area contributed by atoms with E-state index in [2.05, 4.69) is 25.8 Å². The summed E-state index contributed by atoms with van der Waals surface area (Å²) in [4.78, 5) is 28.1. The summed E-state index contributed by atoms with van der Waals surface area (Å²) < 4.78 is 25.2. The van der Waals surface area contributed by atoms with E-state index in [1.807, 2.05) is 0 Å². The number of halogens is 1. The monoisotopic (exact) mass is 398 g/mol. The molecule has 1 saturated carbocycles. The van der Waals surface area contributed by atoms with E-state index in [9.17, 15) is 14.0 Å². The molecule has 0 aromatic carbocycles. The Hall–Kier alpha value is -1.41. The lowest BCUT2D eigenvalue weighted by Gasteiger charge is -2.37. The summed E-state index contributed by atoms with van der Waals surface area (Å²) in [5, 5.41) is 0. The highest BCUT2D eigenvalue weighted by molar-refractivity contribution is 8.00. The van der Waals surface area contributed by atoms with Crippen molar-refractivity contribution >= 4 is 29.5 Å². The molecule has 0 bridgehead atoms. The quantitative estimate of drug-likeness (QED) is 0.732. The van der Waals surface area contributed by atoms with Gasteiger partial charge in [0.1, 0.15) is 6.10 Å². The predicted molar refractivity (Wildman–Crippen MR) is 102 cm³/mol. The summed E-state index contributed by atoms with van der Waals surface area (Å²) in [6, 6.07) is 0. The van der Waals surface area contributed by atoms with Crippen LogP contribution in [0.2, 0.25) is 0 Å². The summed E-state index contributed by atoms with van der Waals surface area (Å²) in [5.74, 6) is -1.25. The Morgan fingerprint density at radius 1 is 1.44 bits per heavy atom. The van der Waals surface area contributed by atoms with Crippen molar-refractivity contribution in [2.24, 2.45) is 34.4 Å². The second-order valence-electron chi connectivity index (χ2n) is 8.02. The highest BCUT2D eigenvalue weighted by Crippen LogP contribution is 2.37. The zero-order chi connectivity index (χ0) is 19.7. The van der Waals surface area contributed by atoms with Crippen LogP contribution in [0.1, 0.15) is 40.0 Å². The van der Waals surface area contributed by atoms with Gasteiger partial charge in [0.05, 0.1) is 12.0 Å². The number of nitrogens with zero attached hydrogens (tertiary/aromatic N) is 1. The Morgan fingerprint density at radius 3 is 2.89 bits per heavy atom. The molecule has 150 valence electrons. The first-order chi connectivity index (χ1) is 12.8. The number of amidine groups is 1. The number of hydrogen-bond donors (Lipinski definition) is 1. The molecule has 0 aromatic heterocycles. The number of rotatable bonds is 4. The number of esters is 1. The molecule has 3 rings (SSSR count). The van der Waals surface area contributed by atoms with Crippen molar-refractivity contribution in [1.29, 1.82) is 0 Å². The molecular formula is C19H27FN2O4S. The first kappa shape index (κ1) is 20.3. The zero-order valence-corrected chi connectivity index (χ0v) is 16.7. The van der Waals surface area contributed by atoms with Crippen molar-refractivity contribution in [1.82, 2.24) is 0 Å². The lowest BCUT2D eigenvalue weighted by atomic mass is 9.75. The van der Waals surface area contributed by atoms with Gasteiger partial charge in [0.25, 0.3) is 5.91 Å². The zero-order valence-electron chi connectivity index (χ0n) is 15.9. The second kappa shape index (κ2) is 8.31. The number of ether oxygens (including phenoxy) is 2. The molecule has 1 saturated heterocycles. The maximum Gasteiger partial charge on any atom is 0.346 e. The normalized spacial score (nSPS) is 37.1. The SMILES string of the molecule is CC(C)C1CC[C@@H](C)C[C@H]1OC(=O)[C@@H]1OC(C2C=C(F)C(N)=NC2=O)CS1. The minimum Gasteiger partial charge on any atom is -0.459 e. The van der Waals surface area contributed by atoms with E-state index < -0.39 is 41.0 Å². The number of hydrogen-bond acceptors (Lipinski definition) is 6. The standard InChI is InChI=1S/C19H27FN2O4S/c1-9(2)11-5-4-10(3)6-14(11)25-18(24)19-26-15(8-27-19)12-7-13(20)16(21)22-17(12)23/h7,9-12,14-15,19H,4-6,8H2,1-3H3,(H2,21,22,23)/t10-,11?,12?,14-,15?,19-/m1/s1. The summed E-state index contributed by atoms with van der Waals surface area (Å²) in [5.41, 5.74) is 4.52. The number of carbonyl (C=O) groups is 2. The molecule has 2 heterocycles. The van der Waals surface area contributed by atoms with Gasteiger partial charge in [-0.05, 0) is 36.7 Å². The van der Waals surface area contributed by atoms with Crippen LogP contribution in [-0.4, -0.2) is 41.1 Å². The molecule has 3 unspecified atom stereocenters. The van der Waals surface area contributed by atoms with Crippen LogP contribution in [0.5, 0.6) is 0 Å². The molecule has 8 heteroatoms. The maximum atomic E-state index is 13.7. The number of thioether (sulfide) groups is 1. The molecule has 0 spiro atoms. The first-order valence-corrected chi connectivity index (χ1v) is 10.5. The molecule has 6 atom stereocenters. The lowest BCUT2D eigenvalue weighted by Crippen LogP contribution is -2.38. The maximum absolute atomic E-state index is 13.7.